The van der Waals surface area contributed by atoms with Crippen molar-refractivity contribution in [2.75, 3.05) is 5.32 Å². The maximum Gasteiger partial charge on any atom is 0.432 e. The van der Waals surface area contributed by atoms with Crippen LogP contribution in [0.25, 0.3) is 11.1 Å². The standard InChI is InChI=1S/C12H8N4O7/c1-4-2-5(15-23-4)10(17)13-9-8-6(16(14-9)12(20)21)3-7(22-8)11(18)19/h2-3H,1H3,(H,18,19)(H,20,21)(H,13,14,17). The first-order valence-electron chi connectivity index (χ1n) is 6.10. The van der Waals surface area contributed by atoms with Gasteiger partial charge >= 0.3 is 12.1 Å². The van der Waals surface area contributed by atoms with Crippen LogP contribution in [0.5, 0.6) is 0 Å². The molecule has 3 aromatic heterocycles. The number of aromatic carboxylic acids is 1. The molecule has 0 unspecified atom stereocenters. The van der Waals surface area contributed by atoms with Gasteiger partial charge in [0.05, 0.1) is 0 Å². The minimum Gasteiger partial charge on any atom is -0.475 e. The molecule has 1 amide bonds. The van der Waals surface area contributed by atoms with Gasteiger partial charge in [-0.05, 0) is 6.92 Å². The first-order chi connectivity index (χ1) is 10.9. The number of nitrogens with one attached hydrogen (secondary N) is 1. The normalized spacial score (nSPS) is 10.8. The van der Waals surface area contributed by atoms with Gasteiger partial charge in [0.15, 0.2) is 17.1 Å². The average Bonchev–Trinajstić information content (AvgIpc) is 3.14. The number of carbonyl (C=O) groups is 3. The van der Waals surface area contributed by atoms with Gasteiger partial charge in [-0.3, -0.25) is 4.79 Å². The largest absolute Gasteiger partial charge is 0.475 e. The number of amides is 1. The predicted octanol–water partition coefficient (Wildman–Crippen LogP) is 1.40. The summed E-state index contributed by atoms with van der Waals surface area (Å²) in [5.74, 6) is -2.43. The van der Waals surface area contributed by atoms with Gasteiger partial charge in [-0.1, -0.05) is 5.16 Å². The molecule has 3 N–H and O–H groups in total. The SMILES string of the molecule is Cc1cc(C(=O)Nc2nn(C(=O)O)c3cc(C(=O)O)oc23)no1. The van der Waals surface area contributed by atoms with Crippen molar-refractivity contribution in [3.63, 3.8) is 0 Å². The number of aryl methyl sites for hydroxylation is 1. The number of hydrogen-bond acceptors (Lipinski definition) is 7. The second kappa shape index (κ2) is 4.98. The van der Waals surface area contributed by atoms with Crippen LogP contribution in [-0.2, 0) is 0 Å². The highest BCUT2D eigenvalue weighted by Crippen LogP contribution is 2.27. The van der Waals surface area contributed by atoms with E-state index in [0.29, 0.717) is 10.4 Å². The van der Waals surface area contributed by atoms with Crippen LogP contribution in [0.15, 0.2) is 21.1 Å². The van der Waals surface area contributed by atoms with E-state index in [1.54, 1.807) is 6.92 Å². The summed E-state index contributed by atoms with van der Waals surface area (Å²) in [6, 6.07) is 2.36. The van der Waals surface area contributed by atoms with E-state index in [0.717, 1.165) is 6.07 Å². The molecule has 0 bridgehead atoms. The number of aromatic nitrogens is 3. The number of nitrogens with zero attached hydrogens (tertiary/aromatic N) is 3. The number of fused-ring (bicyclic) bond motifs is 1. The number of rotatable bonds is 3. The van der Waals surface area contributed by atoms with Crippen molar-refractivity contribution < 1.29 is 33.5 Å². The summed E-state index contributed by atoms with van der Waals surface area (Å²) in [7, 11) is 0. The Morgan fingerprint density at radius 2 is 2.00 bits per heavy atom. The summed E-state index contributed by atoms with van der Waals surface area (Å²) in [5.41, 5.74) is -0.342. The molecule has 0 spiro atoms. The van der Waals surface area contributed by atoms with E-state index in [1.807, 2.05) is 0 Å². The zero-order valence-electron chi connectivity index (χ0n) is 11.4. The van der Waals surface area contributed by atoms with E-state index in [9.17, 15) is 14.4 Å². The lowest BCUT2D eigenvalue weighted by molar-refractivity contribution is 0.0665. The van der Waals surface area contributed by atoms with Crippen molar-refractivity contribution in [3.05, 3.63) is 29.3 Å². The fraction of sp³-hybridized carbons (Fsp3) is 0.0833. The van der Waals surface area contributed by atoms with Crippen molar-refractivity contribution in [2.24, 2.45) is 0 Å². The van der Waals surface area contributed by atoms with Crippen molar-refractivity contribution in [1.82, 2.24) is 14.9 Å². The highest BCUT2D eigenvalue weighted by Gasteiger charge is 2.24. The Morgan fingerprint density at radius 3 is 2.57 bits per heavy atom. The first-order valence-corrected chi connectivity index (χ1v) is 6.10. The molecular weight excluding hydrogens is 312 g/mol. The molecule has 0 aliphatic carbocycles. The average molecular weight is 320 g/mol. The summed E-state index contributed by atoms with van der Waals surface area (Å²) in [5, 5.41) is 27.4. The summed E-state index contributed by atoms with van der Waals surface area (Å²) < 4.78 is 10.3. The zero-order chi connectivity index (χ0) is 16.7. The quantitative estimate of drug-likeness (QED) is 0.647. The Labute approximate surface area is 126 Å². The van der Waals surface area contributed by atoms with E-state index < -0.39 is 23.7 Å². The lowest BCUT2D eigenvalue weighted by Crippen LogP contribution is -2.14. The number of hydrogen-bond donors (Lipinski definition) is 3. The molecule has 0 radical (unpaired) electrons. The second-order valence-corrected chi connectivity index (χ2v) is 4.45. The van der Waals surface area contributed by atoms with Gasteiger partial charge in [0, 0.05) is 12.1 Å². The van der Waals surface area contributed by atoms with Crippen LogP contribution in [0.1, 0.15) is 26.8 Å². The molecule has 11 heteroatoms. The number of anilines is 1. The van der Waals surface area contributed by atoms with Crippen LogP contribution in [0.2, 0.25) is 0 Å². The first kappa shape index (κ1) is 14.3. The third kappa shape index (κ3) is 2.39. The van der Waals surface area contributed by atoms with Gasteiger partial charge in [-0.2, -0.15) is 4.68 Å². The van der Waals surface area contributed by atoms with Crippen LogP contribution >= 0.6 is 0 Å². The van der Waals surface area contributed by atoms with E-state index in [-0.39, 0.29) is 22.6 Å². The van der Waals surface area contributed by atoms with Gasteiger partial charge in [0.1, 0.15) is 11.3 Å². The fourth-order valence-corrected chi connectivity index (χ4v) is 1.89. The Balaban J connectivity index is 2.04. The van der Waals surface area contributed by atoms with E-state index in [1.165, 1.54) is 6.07 Å². The number of carboxylic acids is 1. The Bertz CT molecular complexity index is 948. The van der Waals surface area contributed by atoms with Gasteiger partial charge in [0.2, 0.25) is 5.76 Å². The van der Waals surface area contributed by atoms with Crippen LogP contribution in [-0.4, -0.2) is 43.1 Å². The molecule has 11 nitrogen and oxygen atoms in total. The van der Waals surface area contributed by atoms with Crippen molar-refractivity contribution in [2.45, 2.75) is 6.92 Å². The molecule has 3 aromatic rings. The van der Waals surface area contributed by atoms with Crippen molar-refractivity contribution >= 4 is 34.9 Å². The number of carboxylic acid groups (broad SMARTS) is 2. The van der Waals surface area contributed by atoms with Crippen LogP contribution in [0.3, 0.4) is 0 Å². The molecule has 3 rings (SSSR count). The molecule has 118 valence electrons. The van der Waals surface area contributed by atoms with E-state index >= 15 is 0 Å². The fourth-order valence-electron chi connectivity index (χ4n) is 1.89. The maximum atomic E-state index is 12.0. The summed E-state index contributed by atoms with van der Waals surface area (Å²) >= 11 is 0. The second-order valence-electron chi connectivity index (χ2n) is 4.45. The van der Waals surface area contributed by atoms with Gasteiger partial charge < -0.3 is 24.5 Å². The summed E-state index contributed by atoms with van der Waals surface area (Å²) in [6.45, 7) is 1.59. The molecule has 0 saturated heterocycles. The third-order valence-electron chi connectivity index (χ3n) is 2.84. The van der Waals surface area contributed by atoms with Crippen LogP contribution in [0.4, 0.5) is 10.6 Å². The third-order valence-corrected chi connectivity index (χ3v) is 2.84. The molecule has 0 atom stereocenters. The number of furan rings is 1. The molecule has 0 fully saturated rings. The van der Waals surface area contributed by atoms with Crippen LogP contribution < -0.4 is 5.32 Å². The molecule has 0 saturated carbocycles. The summed E-state index contributed by atoms with van der Waals surface area (Å²) in [6.07, 6.45) is -1.47. The van der Waals surface area contributed by atoms with Gasteiger partial charge in [-0.25, -0.2) is 9.59 Å². The highest BCUT2D eigenvalue weighted by molar-refractivity contribution is 6.07. The van der Waals surface area contributed by atoms with E-state index in [4.69, 9.17) is 19.2 Å². The van der Waals surface area contributed by atoms with Crippen molar-refractivity contribution in [3.8, 4) is 0 Å². The summed E-state index contributed by atoms with van der Waals surface area (Å²) in [4.78, 5) is 34.1. The van der Waals surface area contributed by atoms with E-state index in [2.05, 4.69) is 15.6 Å². The number of carbonyl (C=O) groups excluding carboxylic acids is 1. The topological polar surface area (TPSA) is 161 Å². The van der Waals surface area contributed by atoms with Crippen LogP contribution in [0, 0.1) is 6.92 Å². The van der Waals surface area contributed by atoms with Gasteiger partial charge in [0.25, 0.3) is 5.91 Å². The zero-order valence-corrected chi connectivity index (χ0v) is 11.4. The van der Waals surface area contributed by atoms with Crippen molar-refractivity contribution in [1.29, 1.82) is 0 Å². The predicted molar refractivity (Wildman–Crippen MR) is 71.6 cm³/mol. The lowest BCUT2D eigenvalue weighted by Gasteiger charge is -1.97. The molecule has 23 heavy (non-hydrogen) atoms. The molecular formula is C12H8N4O7. The monoisotopic (exact) mass is 320 g/mol. The lowest BCUT2D eigenvalue weighted by atomic mass is 10.3. The van der Waals surface area contributed by atoms with Gasteiger partial charge in [-0.15, -0.1) is 5.10 Å². The molecule has 0 aliphatic rings. The Hall–Kier alpha value is -3.63. The molecule has 0 aliphatic heterocycles. The Morgan fingerprint density at radius 1 is 1.26 bits per heavy atom. The molecule has 0 aromatic carbocycles. The minimum atomic E-state index is -1.47. The minimum absolute atomic E-state index is 0.0504. The smallest absolute Gasteiger partial charge is 0.432 e. The molecule has 3 heterocycles. The highest BCUT2D eigenvalue weighted by atomic mass is 16.5. The Kier molecular flexibility index (Phi) is 3.10. The maximum absolute atomic E-state index is 12.0.